The fraction of sp³-hybridized carbons (Fsp3) is 0. The summed E-state index contributed by atoms with van der Waals surface area (Å²) in [6, 6.07) is 21.7. The van der Waals surface area contributed by atoms with Crippen LogP contribution in [0, 0.1) is 5.82 Å². The Morgan fingerprint density at radius 3 is 2.09 bits per heavy atom. The van der Waals surface area contributed by atoms with Crippen molar-refractivity contribution in [3.8, 4) is 11.1 Å². The molecule has 3 aromatic rings. The molecule has 23 heavy (non-hydrogen) atoms. The van der Waals surface area contributed by atoms with Gasteiger partial charge < -0.3 is 0 Å². The SMILES string of the molecule is O=S(=O)(Nc1ccccc1-c1ccccc1)c1ccccc1F. The van der Waals surface area contributed by atoms with Gasteiger partial charge in [0, 0.05) is 5.56 Å². The van der Waals surface area contributed by atoms with Crippen LogP contribution in [0.1, 0.15) is 0 Å². The number of para-hydroxylation sites is 1. The lowest BCUT2D eigenvalue weighted by atomic mass is 10.0. The molecule has 0 heterocycles. The minimum atomic E-state index is -4.00. The molecule has 116 valence electrons. The second-order valence-corrected chi connectivity index (χ2v) is 6.60. The van der Waals surface area contributed by atoms with Crippen LogP contribution in [0.3, 0.4) is 0 Å². The summed E-state index contributed by atoms with van der Waals surface area (Å²) in [4.78, 5) is -0.372. The highest BCUT2D eigenvalue weighted by Gasteiger charge is 2.19. The fourth-order valence-electron chi connectivity index (χ4n) is 2.30. The largest absolute Gasteiger partial charge is 0.279 e. The van der Waals surface area contributed by atoms with Crippen LogP contribution in [0.4, 0.5) is 10.1 Å². The molecule has 0 saturated heterocycles. The van der Waals surface area contributed by atoms with Crippen LogP contribution in [0.2, 0.25) is 0 Å². The number of anilines is 1. The maximum atomic E-state index is 13.8. The van der Waals surface area contributed by atoms with E-state index in [1.54, 1.807) is 12.1 Å². The predicted molar refractivity (Wildman–Crippen MR) is 89.1 cm³/mol. The van der Waals surface area contributed by atoms with E-state index in [2.05, 4.69) is 4.72 Å². The number of benzene rings is 3. The summed E-state index contributed by atoms with van der Waals surface area (Å²) in [5, 5.41) is 0. The molecule has 0 aliphatic rings. The summed E-state index contributed by atoms with van der Waals surface area (Å²) in [5.74, 6) is -0.780. The molecule has 0 amide bonds. The van der Waals surface area contributed by atoms with Gasteiger partial charge in [-0.25, -0.2) is 12.8 Å². The quantitative estimate of drug-likeness (QED) is 0.777. The van der Waals surface area contributed by atoms with Crippen molar-refractivity contribution in [3.05, 3.63) is 84.7 Å². The van der Waals surface area contributed by atoms with Crippen LogP contribution >= 0.6 is 0 Å². The first-order chi connectivity index (χ1) is 11.1. The lowest BCUT2D eigenvalue weighted by molar-refractivity contribution is 0.570. The predicted octanol–water partition coefficient (Wildman–Crippen LogP) is 4.29. The Labute approximate surface area is 134 Å². The van der Waals surface area contributed by atoms with E-state index in [1.165, 1.54) is 18.2 Å². The van der Waals surface area contributed by atoms with E-state index in [0.29, 0.717) is 5.69 Å². The molecule has 3 aromatic carbocycles. The van der Waals surface area contributed by atoms with Gasteiger partial charge >= 0.3 is 0 Å². The summed E-state index contributed by atoms with van der Waals surface area (Å²) >= 11 is 0. The molecular weight excluding hydrogens is 313 g/mol. The Morgan fingerprint density at radius 2 is 1.35 bits per heavy atom. The number of rotatable bonds is 4. The standard InChI is InChI=1S/C18H14FNO2S/c19-16-11-5-7-13-18(16)23(21,22)20-17-12-6-4-10-15(17)14-8-2-1-3-9-14/h1-13,20H. The van der Waals surface area contributed by atoms with Gasteiger partial charge in [0.2, 0.25) is 0 Å². The molecule has 1 N–H and O–H groups in total. The lowest BCUT2D eigenvalue weighted by Gasteiger charge is -2.13. The first-order valence-corrected chi connectivity index (χ1v) is 8.48. The first-order valence-electron chi connectivity index (χ1n) is 7.00. The summed E-state index contributed by atoms with van der Waals surface area (Å²) in [5.41, 5.74) is 2.01. The van der Waals surface area contributed by atoms with Crippen molar-refractivity contribution >= 4 is 15.7 Å². The average molecular weight is 327 g/mol. The second kappa shape index (κ2) is 6.22. The summed E-state index contributed by atoms with van der Waals surface area (Å²) in [7, 11) is -4.00. The van der Waals surface area contributed by atoms with Crippen LogP contribution in [0.5, 0.6) is 0 Å². The van der Waals surface area contributed by atoms with Crippen molar-refractivity contribution in [2.45, 2.75) is 4.90 Å². The molecule has 0 fully saturated rings. The van der Waals surface area contributed by atoms with Gasteiger partial charge in [0.1, 0.15) is 10.7 Å². The zero-order valence-electron chi connectivity index (χ0n) is 12.1. The topological polar surface area (TPSA) is 46.2 Å². The number of nitrogens with one attached hydrogen (secondary N) is 1. The van der Waals surface area contributed by atoms with Gasteiger partial charge in [-0.15, -0.1) is 0 Å². The Kier molecular flexibility index (Phi) is 4.12. The Hall–Kier alpha value is -2.66. The molecule has 0 saturated carbocycles. The number of hydrogen-bond donors (Lipinski definition) is 1. The van der Waals surface area contributed by atoms with E-state index in [-0.39, 0.29) is 4.90 Å². The highest BCUT2D eigenvalue weighted by Crippen LogP contribution is 2.29. The minimum absolute atomic E-state index is 0.372. The Bertz CT molecular complexity index is 925. The molecule has 0 aliphatic heterocycles. The van der Waals surface area contributed by atoms with Gasteiger partial charge in [0.25, 0.3) is 10.0 Å². The molecular formula is C18H14FNO2S. The van der Waals surface area contributed by atoms with Crippen molar-refractivity contribution in [2.75, 3.05) is 4.72 Å². The number of halogens is 1. The van der Waals surface area contributed by atoms with Crippen LogP contribution in [-0.4, -0.2) is 8.42 Å². The molecule has 0 aliphatic carbocycles. The van der Waals surface area contributed by atoms with Gasteiger partial charge in [-0.05, 0) is 23.8 Å². The summed E-state index contributed by atoms with van der Waals surface area (Å²) in [6.07, 6.45) is 0. The molecule has 0 unspecified atom stereocenters. The van der Waals surface area contributed by atoms with E-state index in [4.69, 9.17) is 0 Å². The fourth-order valence-corrected chi connectivity index (χ4v) is 3.46. The van der Waals surface area contributed by atoms with E-state index < -0.39 is 15.8 Å². The Balaban J connectivity index is 2.03. The molecule has 3 rings (SSSR count). The highest BCUT2D eigenvalue weighted by atomic mass is 32.2. The molecule has 0 aromatic heterocycles. The van der Waals surface area contributed by atoms with E-state index in [9.17, 15) is 12.8 Å². The molecule has 3 nitrogen and oxygen atoms in total. The van der Waals surface area contributed by atoms with Gasteiger partial charge in [0.05, 0.1) is 5.69 Å². The smallest absolute Gasteiger partial charge is 0.264 e. The molecule has 0 spiro atoms. The van der Waals surface area contributed by atoms with Crippen LogP contribution in [0.15, 0.2) is 83.8 Å². The molecule has 0 atom stereocenters. The minimum Gasteiger partial charge on any atom is -0.279 e. The van der Waals surface area contributed by atoms with Crippen molar-refractivity contribution in [3.63, 3.8) is 0 Å². The van der Waals surface area contributed by atoms with Crippen molar-refractivity contribution in [1.29, 1.82) is 0 Å². The van der Waals surface area contributed by atoms with E-state index in [0.717, 1.165) is 17.2 Å². The highest BCUT2D eigenvalue weighted by molar-refractivity contribution is 7.92. The van der Waals surface area contributed by atoms with E-state index >= 15 is 0 Å². The van der Waals surface area contributed by atoms with Crippen LogP contribution in [-0.2, 0) is 10.0 Å². The number of sulfonamides is 1. The third-order valence-electron chi connectivity index (χ3n) is 3.38. The maximum Gasteiger partial charge on any atom is 0.264 e. The van der Waals surface area contributed by atoms with Crippen molar-refractivity contribution < 1.29 is 12.8 Å². The van der Waals surface area contributed by atoms with Gasteiger partial charge in [-0.3, -0.25) is 4.72 Å². The monoisotopic (exact) mass is 327 g/mol. The third kappa shape index (κ3) is 3.24. The third-order valence-corrected chi connectivity index (χ3v) is 4.78. The Morgan fingerprint density at radius 1 is 0.739 bits per heavy atom. The zero-order valence-corrected chi connectivity index (χ0v) is 12.9. The second-order valence-electron chi connectivity index (χ2n) is 4.95. The average Bonchev–Trinajstić information content (AvgIpc) is 2.56. The normalized spacial score (nSPS) is 11.2. The summed E-state index contributed by atoms with van der Waals surface area (Å²) in [6.45, 7) is 0. The number of hydrogen-bond acceptors (Lipinski definition) is 2. The van der Waals surface area contributed by atoms with Gasteiger partial charge in [-0.1, -0.05) is 60.7 Å². The molecule has 0 bridgehead atoms. The van der Waals surface area contributed by atoms with Crippen LogP contribution in [0.25, 0.3) is 11.1 Å². The van der Waals surface area contributed by atoms with Gasteiger partial charge in [-0.2, -0.15) is 0 Å². The zero-order chi connectivity index (χ0) is 16.3. The van der Waals surface area contributed by atoms with Gasteiger partial charge in [0.15, 0.2) is 0 Å². The first kappa shape index (κ1) is 15.2. The summed E-state index contributed by atoms with van der Waals surface area (Å²) < 4.78 is 41.2. The maximum absolute atomic E-state index is 13.8. The lowest BCUT2D eigenvalue weighted by Crippen LogP contribution is -2.15. The van der Waals surface area contributed by atoms with Crippen LogP contribution < -0.4 is 4.72 Å². The molecule has 5 heteroatoms. The van der Waals surface area contributed by atoms with Crippen molar-refractivity contribution in [2.24, 2.45) is 0 Å². The van der Waals surface area contributed by atoms with E-state index in [1.807, 2.05) is 42.5 Å². The molecule has 0 radical (unpaired) electrons. The van der Waals surface area contributed by atoms with Crippen molar-refractivity contribution in [1.82, 2.24) is 0 Å².